The van der Waals surface area contributed by atoms with E-state index >= 15 is 0 Å². The predicted molar refractivity (Wildman–Crippen MR) is 71.8 cm³/mol. The summed E-state index contributed by atoms with van der Waals surface area (Å²) in [6.07, 6.45) is 0.339. The maximum absolute atomic E-state index is 12.0. The van der Waals surface area contributed by atoms with Gasteiger partial charge in [0.25, 0.3) is 0 Å². The Morgan fingerprint density at radius 1 is 1.40 bits per heavy atom. The van der Waals surface area contributed by atoms with Gasteiger partial charge in [0.1, 0.15) is 5.82 Å². The van der Waals surface area contributed by atoms with Crippen molar-refractivity contribution in [2.45, 2.75) is 46.7 Å². The average Bonchev–Trinajstić information content (AvgIpc) is 2.93. The van der Waals surface area contributed by atoms with Crippen LogP contribution in [0.3, 0.4) is 0 Å². The largest absolute Gasteiger partial charge is 0.349 e. The lowest BCUT2D eigenvalue weighted by molar-refractivity contribution is -0.122. The lowest BCUT2D eigenvalue weighted by Gasteiger charge is -2.14. The second-order valence-electron chi connectivity index (χ2n) is 4.84. The van der Waals surface area contributed by atoms with Gasteiger partial charge in [-0.25, -0.2) is 4.68 Å². The number of tetrazole rings is 1. The number of hydrogen-bond donors (Lipinski definition) is 2. The summed E-state index contributed by atoms with van der Waals surface area (Å²) < 4.78 is 1.61. The average molecular weight is 277 g/mol. The van der Waals surface area contributed by atoms with Crippen molar-refractivity contribution in [1.82, 2.24) is 35.7 Å². The van der Waals surface area contributed by atoms with E-state index in [-0.39, 0.29) is 11.9 Å². The summed E-state index contributed by atoms with van der Waals surface area (Å²) in [6, 6.07) is -0.0729. The number of nitrogens with zero attached hydrogens (tertiary/aromatic N) is 5. The molecule has 1 atom stereocenters. The first-order valence-corrected chi connectivity index (χ1v) is 6.52. The van der Waals surface area contributed by atoms with Gasteiger partial charge in [0.15, 0.2) is 0 Å². The quantitative estimate of drug-likeness (QED) is 0.832. The van der Waals surface area contributed by atoms with Crippen LogP contribution in [0.25, 0.3) is 0 Å². The molecule has 8 heteroatoms. The number of carbonyl (C=O) groups is 1. The lowest BCUT2D eigenvalue weighted by atomic mass is 10.1. The van der Waals surface area contributed by atoms with Crippen LogP contribution in [-0.4, -0.2) is 36.3 Å². The molecular formula is C12H19N7O. The molecule has 20 heavy (non-hydrogen) atoms. The van der Waals surface area contributed by atoms with Gasteiger partial charge < -0.3 is 5.32 Å². The highest BCUT2D eigenvalue weighted by atomic mass is 16.1. The van der Waals surface area contributed by atoms with Crippen LogP contribution >= 0.6 is 0 Å². The number of amides is 1. The minimum absolute atomic E-state index is 0.0348. The second-order valence-corrected chi connectivity index (χ2v) is 4.84. The standard InChI is InChI=1S/C12H19N7O/c1-7(12-8(2)14-15-9(12)3)13-11(20)5-6-19-10(4)16-17-18-19/h7H,5-6H2,1-4H3,(H,13,20)(H,14,15)/t7-/m0/s1. The van der Waals surface area contributed by atoms with Crippen molar-refractivity contribution >= 4 is 5.91 Å². The molecular weight excluding hydrogens is 258 g/mol. The molecule has 2 aromatic rings. The van der Waals surface area contributed by atoms with Crippen LogP contribution in [0.4, 0.5) is 0 Å². The molecule has 0 saturated heterocycles. The number of H-pyrrole nitrogens is 1. The molecule has 8 nitrogen and oxygen atoms in total. The molecule has 108 valence electrons. The van der Waals surface area contributed by atoms with E-state index in [1.54, 1.807) is 11.6 Å². The monoisotopic (exact) mass is 277 g/mol. The van der Waals surface area contributed by atoms with Crippen LogP contribution in [0.5, 0.6) is 0 Å². The summed E-state index contributed by atoms with van der Waals surface area (Å²) >= 11 is 0. The Kier molecular flexibility index (Phi) is 4.11. The molecule has 0 fully saturated rings. The molecule has 0 unspecified atom stereocenters. The molecule has 2 rings (SSSR count). The third kappa shape index (κ3) is 3.01. The molecule has 2 heterocycles. The molecule has 0 saturated carbocycles. The Morgan fingerprint density at radius 2 is 2.15 bits per heavy atom. The van der Waals surface area contributed by atoms with Gasteiger partial charge in [-0.15, -0.1) is 5.10 Å². The lowest BCUT2D eigenvalue weighted by Crippen LogP contribution is -2.28. The van der Waals surface area contributed by atoms with Crippen LogP contribution in [0.15, 0.2) is 0 Å². The van der Waals surface area contributed by atoms with E-state index in [2.05, 4.69) is 31.0 Å². The minimum Gasteiger partial charge on any atom is -0.349 e. The summed E-state index contributed by atoms with van der Waals surface area (Å²) in [5.41, 5.74) is 2.93. The Balaban J connectivity index is 1.90. The third-order valence-electron chi connectivity index (χ3n) is 3.26. The molecule has 0 aliphatic heterocycles. The van der Waals surface area contributed by atoms with Gasteiger partial charge in [-0.2, -0.15) is 5.10 Å². The van der Waals surface area contributed by atoms with Crippen molar-refractivity contribution < 1.29 is 4.79 Å². The molecule has 2 N–H and O–H groups in total. The number of hydrogen-bond acceptors (Lipinski definition) is 5. The van der Waals surface area contributed by atoms with Crippen LogP contribution in [-0.2, 0) is 11.3 Å². The van der Waals surface area contributed by atoms with E-state index in [0.717, 1.165) is 17.0 Å². The molecule has 0 aliphatic carbocycles. The first-order chi connectivity index (χ1) is 9.49. The second kappa shape index (κ2) is 5.81. The van der Waals surface area contributed by atoms with Crippen molar-refractivity contribution in [1.29, 1.82) is 0 Å². The topological polar surface area (TPSA) is 101 Å². The number of rotatable bonds is 5. The summed E-state index contributed by atoms with van der Waals surface area (Å²) in [5.74, 6) is 0.666. The smallest absolute Gasteiger partial charge is 0.222 e. The van der Waals surface area contributed by atoms with Crippen LogP contribution in [0.2, 0.25) is 0 Å². The van der Waals surface area contributed by atoms with Gasteiger partial charge in [0.05, 0.1) is 18.3 Å². The zero-order valence-corrected chi connectivity index (χ0v) is 12.1. The van der Waals surface area contributed by atoms with E-state index in [1.807, 2.05) is 20.8 Å². The molecule has 0 aliphatic rings. The molecule has 0 spiro atoms. The maximum atomic E-state index is 12.0. The van der Waals surface area contributed by atoms with Gasteiger partial charge in [0.2, 0.25) is 5.91 Å². The molecule has 0 aromatic carbocycles. The SMILES string of the molecule is Cc1n[nH]c(C)c1[C@H](C)NC(=O)CCn1nnnc1C. The Hall–Kier alpha value is -2.25. The number of nitrogens with one attached hydrogen (secondary N) is 2. The molecule has 1 amide bonds. The summed E-state index contributed by atoms with van der Waals surface area (Å²) in [6.45, 7) is 8.10. The number of carbonyl (C=O) groups excluding carboxylic acids is 1. The Morgan fingerprint density at radius 3 is 2.70 bits per heavy atom. The van der Waals surface area contributed by atoms with Crippen molar-refractivity contribution in [3.8, 4) is 0 Å². The van der Waals surface area contributed by atoms with Crippen LogP contribution in [0, 0.1) is 20.8 Å². The highest BCUT2D eigenvalue weighted by Gasteiger charge is 2.16. The number of aromatic nitrogens is 6. The number of aryl methyl sites for hydroxylation is 4. The molecule has 2 aromatic heterocycles. The van der Waals surface area contributed by atoms with E-state index in [0.29, 0.717) is 18.8 Å². The van der Waals surface area contributed by atoms with Crippen molar-refractivity contribution in [2.75, 3.05) is 0 Å². The van der Waals surface area contributed by atoms with Gasteiger partial charge in [-0.3, -0.25) is 9.89 Å². The van der Waals surface area contributed by atoms with E-state index < -0.39 is 0 Å². The first-order valence-electron chi connectivity index (χ1n) is 6.52. The fraction of sp³-hybridized carbons (Fsp3) is 0.583. The normalized spacial score (nSPS) is 12.4. The zero-order valence-electron chi connectivity index (χ0n) is 12.1. The van der Waals surface area contributed by atoms with Crippen LogP contribution in [0.1, 0.15) is 42.2 Å². The highest BCUT2D eigenvalue weighted by Crippen LogP contribution is 2.18. The van der Waals surface area contributed by atoms with Crippen molar-refractivity contribution in [3.05, 3.63) is 22.8 Å². The zero-order chi connectivity index (χ0) is 14.7. The summed E-state index contributed by atoms with van der Waals surface area (Å²) in [5, 5.41) is 21.1. The van der Waals surface area contributed by atoms with E-state index in [1.165, 1.54) is 0 Å². The van der Waals surface area contributed by atoms with Gasteiger partial charge in [-0.1, -0.05) is 0 Å². The fourth-order valence-corrected chi connectivity index (χ4v) is 2.25. The fourth-order valence-electron chi connectivity index (χ4n) is 2.25. The number of aromatic amines is 1. The Labute approximate surface area is 117 Å². The van der Waals surface area contributed by atoms with Crippen molar-refractivity contribution in [2.24, 2.45) is 0 Å². The van der Waals surface area contributed by atoms with E-state index in [9.17, 15) is 4.79 Å². The maximum Gasteiger partial charge on any atom is 0.222 e. The van der Waals surface area contributed by atoms with Crippen molar-refractivity contribution in [3.63, 3.8) is 0 Å². The van der Waals surface area contributed by atoms with Gasteiger partial charge in [0, 0.05) is 17.7 Å². The summed E-state index contributed by atoms with van der Waals surface area (Å²) in [4.78, 5) is 12.0. The molecule has 0 radical (unpaired) electrons. The van der Waals surface area contributed by atoms with E-state index in [4.69, 9.17) is 0 Å². The minimum atomic E-state index is -0.0729. The van der Waals surface area contributed by atoms with Gasteiger partial charge >= 0.3 is 0 Å². The first kappa shape index (κ1) is 14.2. The predicted octanol–water partition coefficient (Wildman–Crippen LogP) is 0.589. The highest BCUT2D eigenvalue weighted by molar-refractivity contribution is 5.76. The molecule has 0 bridgehead atoms. The third-order valence-corrected chi connectivity index (χ3v) is 3.26. The van der Waals surface area contributed by atoms with Crippen LogP contribution < -0.4 is 5.32 Å². The van der Waals surface area contributed by atoms with Gasteiger partial charge in [-0.05, 0) is 38.1 Å². The summed E-state index contributed by atoms with van der Waals surface area (Å²) in [7, 11) is 0. The Bertz CT molecular complexity index is 581.